The van der Waals surface area contributed by atoms with E-state index >= 15 is 0 Å². The number of piperidine rings is 1. The van der Waals surface area contributed by atoms with E-state index in [-0.39, 0.29) is 18.3 Å². The lowest BCUT2D eigenvalue weighted by Gasteiger charge is -2.48. The monoisotopic (exact) mass is 394 g/mol. The zero-order valence-electron chi connectivity index (χ0n) is 17.3. The smallest absolute Gasteiger partial charge is 0.307 e. The van der Waals surface area contributed by atoms with Gasteiger partial charge < -0.3 is 9.64 Å². The second-order valence-corrected chi connectivity index (χ2v) is 7.66. The summed E-state index contributed by atoms with van der Waals surface area (Å²) >= 11 is 0. The van der Waals surface area contributed by atoms with Gasteiger partial charge in [-0.2, -0.15) is 0 Å². The molecule has 2 aromatic carbocycles. The van der Waals surface area contributed by atoms with Gasteiger partial charge in [0.2, 0.25) is 5.91 Å². The number of methoxy groups -OCH3 is 1. The van der Waals surface area contributed by atoms with Crippen LogP contribution in [0.5, 0.6) is 0 Å². The summed E-state index contributed by atoms with van der Waals surface area (Å²) in [5.41, 5.74) is 1.56. The molecule has 0 spiro atoms. The van der Waals surface area contributed by atoms with Crippen molar-refractivity contribution < 1.29 is 14.3 Å². The Labute approximate surface area is 173 Å². The Morgan fingerprint density at radius 1 is 1.00 bits per heavy atom. The molecule has 1 amide bonds. The number of benzene rings is 2. The fraction of sp³-hybridized carbons (Fsp3) is 0.417. The zero-order chi connectivity index (χ0) is 20.7. The first-order valence-electron chi connectivity index (χ1n) is 10.3. The lowest BCUT2D eigenvalue weighted by molar-refractivity contribution is -0.142. The summed E-state index contributed by atoms with van der Waals surface area (Å²) in [6.07, 6.45) is 2.07. The summed E-state index contributed by atoms with van der Waals surface area (Å²) in [5, 5.41) is 0. The number of hydrogen-bond donors (Lipinski definition) is 0. The van der Waals surface area contributed by atoms with Gasteiger partial charge in [-0.25, -0.2) is 0 Å². The number of para-hydroxylation sites is 1. The Hall–Kier alpha value is -2.66. The van der Waals surface area contributed by atoms with Gasteiger partial charge in [0.1, 0.15) is 0 Å². The molecule has 2 aromatic rings. The van der Waals surface area contributed by atoms with E-state index in [4.69, 9.17) is 4.74 Å². The SMILES string of the molecule is CCC(=O)N(c1ccccc1)C1(CC(=O)OC)CCN(Cc2ccccc2)CC1. The van der Waals surface area contributed by atoms with E-state index in [1.165, 1.54) is 12.7 Å². The highest BCUT2D eigenvalue weighted by Gasteiger charge is 2.44. The molecule has 0 N–H and O–H groups in total. The predicted molar refractivity (Wildman–Crippen MR) is 115 cm³/mol. The molecule has 3 rings (SSSR count). The van der Waals surface area contributed by atoms with Gasteiger partial charge in [0.05, 0.1) is 19.1 Å². The molecule has 5 nitrogen and oxygen atoms in total. The number of nitrogens with zero attached hydrogens (tertiary/aromatic N) is 2. The first-order valence-corrected chi connectivity index (χ1v) is 10.3. The van der Waals surface area contributed by atoms with E-state index in [0.717, 1.165) is 38.2 Å². The van der Waals surface area contributed by atoms with Crippen molar-refractivity contribution >= 4 is 17.6 Å². The minimum Gasteiger partial charge on any atom is -0.469 e. The van der Waals surface area contributed by atoms with Crippen molar-refractivity contribution in [3.63, 3.8) is 0 Å². The summed E-state index contributed by atoms with van der Waals surface area (Å²) in [4.78, 5) is 29.6. The van der Waals surface area contributed by atoms with Crippen molar-refractivity contribution in [2.24, 2.45) is 0 Å². The van der Waals surface area contributed by atoms with Gasteiger partial charge in [-0.05, 0) is 30.5 Å². The summed E-state index contributed by atoms with van der Waals surface area (Å²) < 4.78 is 5.01. The fourth-order valence-corrected chi connectivity index (χ4v) is 4.21. The molecule has 1 heterocycles. The van der Waals surface area contributed by atoms with Gasteiger partial charge in [-0.1, -0.05) is 55.5 Å². The molecule has 1 aliphatic heterocycles. The van der Waals surface area contributed by atoms with Crippen LogP contribution in [0.1, 0.15) is 38.2 Å². The van der Waals surface area contributed by atoms with Crippen LogP contribution in [-0.4, -0.2) is 42.5 Å². The third-order valence-corrected chi connectivity index (χ3v) is 5.78. The first kappa shape index (κ1) is 21.1. The molecule has 0 radical (unpaired) electrons. The van der Waals surface area contributed by atoms with E-state index in [1.807, 2.05) is 48.2 Å². The van der Waals surface area contributed by atoms with Gasteiger partial charge in [-0.15, -0.1) is 0 Å². The number of carbonyl (C=O) groups excluding carboxylic acids is 2. The number of anilines is 1. The standard InChI is InChI=1S/C24H30N2O3/c1-3-22(27)26(21-12-8-5-9-13-21)24(18-23(28)29-2)14-16-25(17-15-24)19-20-10-6-4-7-11-20/h4-13H,3,14-19H2,1-2H3. The van der Waals surface area contributed by atoms with E-state index in [1.54, 1.807) is 0 Å². The van der Waals surface area contributed by atoms with Crippen LogP contribution < -0.4 is 4.90 Å². The maximum atomic E-state index is 13.0. The quantitative estimate of drug-likeness (QED) is 0.666. The Morgan fingerprint density at radius 2 is 1.59 bits per heavy atom. The van der Waals surface area contributed by atoms with Crippen LogP contribution >= 0.6 is 0 Å². The molecule has 0 unspecified atom stereocenters. The molecule has 0 saturated carbocycles. The van der Waals surface area contributed by atoms with Gasteiger partial charge in [0.15, 0.2) is 0 Å². The van der Waals surface area contributed by atoms with Crippen molar-refractivity contribution in [2.75, 3.05) is 25.1 Å². The number of amides is 1. The Kier molecular flexibility index (Phi) is 7.04. The van der Waals surface area contributed by atoms with Gasteiger partial charge >= 0.3 is 5.97 Å². The third kappa shape index (κ3) is 5.04. The maximum absolute atomic E-state index is 13.0. The maximum Gasteiger partial charge on any atom is 0.307 e. The Morgan fingerprint density at radius 3 is 2.14 bits per heavy atom. The van der Waals surface area contributed by atoms with Crippen molar-refractivity contribution in [3.05, 3.63) is 66.2 Å². The van der Waals surface area contributed by atoms with Crippen LogP contribution in [0.2, 0.25) is 0 Å². The second-order valence-electron chi connectivity index (χ2n) is 7.66. The van der Waals surface area contributed by atoms with Crippen LogP contribution in [0.3, 0.4) is 0 Å². The highest BCUT2D eigenvalue weighted by atomic mass is 16.5. The summed E-state index contributed by atoms with van der Waals surface area (Å²) in [5.74, 6) is -0.233. The summed E-state index contributed by atoms with van der Waals surface area (Å²) in [6, 6.07) is 20.1. The normalized spacial score (nSPS) is 16.2. The van der Waals surface area contributed by atoms with Gasteiger partial charge in [0.25, 0.3) is 0 Å². The highest BCUT2D eigenvalue weighted by Crippen LogP contribution is 2.37. The lowest BCUT2D eigenvalue weighted by atomic mass is 9.81. The van der Waals surface area contributed by atoms with Crippen molar-refractivity contribution in [2.45, 2.75) is 44.7 Å². The van der Waals surface area contributed by atoms with E-state index in [2.05, 4.69) is 29.2 Å². The number of esters is 1. The largest absolute Gasteiger partial charge is 0.469 e. The van der Waals surface area contributed by atoms with E-state index < -0.39 is 5.54 Å². The fourth-order valence-electron chi connectivity index (χ4n) is 4.21. The van der Waals surface area contributed by atoms with Crippen LogP contribution in [0.4, 0.5) is 5.69 Å². The molecular weight excluding hydrogens is 364 g/mol. The third-order valence-electron chi connectivity index (χ3n) is 5.78. The highest BCUT2D eigenvalue weighted by molar-refractivity contribution is 5.95. The molecule has 0 atom stereocenters. The van der Waals surface area contributed by atoms with E-state index in [0.29, 0.717) is 6.42 Å². The van der Waals surface area contributed by atoms with Crippen LogP contribution in [0.15, 0.2) is 60.7 Å². The molecular formula is C24H30N2O3. The average molecular weight is 395 g/mol. The second kappa shape index (κ2) is 9.70. The molecule has 0 aliphatic carbocycles. The van der Waals surface area contributed by atoms with E-state index in [9.17, 15) is 9.59 Å². The predicted octanol–water partition coefficient (Wildman–Crippen LogP) is 4.03. The molecule has 5 heteroatoms. The van der Waals surface area contributed by atoms with Crippen molar-refractivity contribution in [3.8, 4) is 0 Å². The molecule has 0 bridgehead atoms. The van der Waals surface area contributed by atoms with Crippen LogP contribution in [0.25, 0.3) is 0 Å². The summed E-state index contributed by atoms with van der Waals surface area (Å²) in [6.45, 7) is 4.40. The number of carbonyl (C=O) groups is 2. The van der Waals surface area contributed by atoms with Crippen LogP contribution in [-0.2, 0) is 20.9 Å². The molecule has 0 aromatic heterocycles. The average Bonchev–Trinajstić information content (AvgIpc) is 2.77. The van der Waals surface area contributed by atoms with Crippen LogP contribution in [0, 0.1) is 0 Å². The minimum absolute atomic E-state index is 0.0385. The molecule has 1 aliphatic rings. The molecule has 154 valence electrons. The Balaban J connectivity index is 1.86. The number of hydrogen-bond acceptors (Lipinski definition) is 4. The molecule has 1 fully saturated rings. The van der Waals surface area contributed by atoms with Crippen molar-refractivity contribution in [1.82, 2.24) is 4.90 Å². The Bertz CT molecular complexity index is 799. The first-order chi connectivity index (χ1) is 14.1. The topological polar surface area (TPSA) is 49.9 Å². The van der Waals surface area contributed by atoms with Gasteiger partial charge in [0, 0.05) is 31.7 Å². The van der Waals surface area contributed by atoms with Crippen molar-refractivity contribution in [1.29, 1.82) is 0 Å². The summed E-state index contributed by atoms with van der Waals surface area (Å²) in [7, 11) is 1.41. The lowest BCUT2D eigenvalue weighted by Crippen LogP contribution is -2.58. The number of likely N-dealkylation sites (tertiary alicyclic amines) is 1. The minimum atomic E-state index is -0.561. The number of ether oxygens (including phenoxy) is 1. The van der Waals surface area contributed by atoms with Gasteiger partial charge in [-0.3, -0.25) is 14.5 Å². The number of rotatable bonds is 7. The zero-order valence-corrected chi connectivity index (χ0v) is 17.3. The molecule has 29 heavy (non-hydrogen) atoms. The molecule has 1 saturated heterocycles.